The Labute approximate surface area is 180 Å². The fraction of sp³-hybridized carbons (Fsp3) is 0.333. The number of Topliss-reactive ketones (excluding diaryl/α,β-unsaturated/α-hetero) is 1. The molecule has 0 radical (unpaired) electrons. The Morgan fingerprint density at radius 2 is 2.06 bits per heavy atom. The van der Waals surface area contributed by atoms with Crippen molar-refractivity contribution in [2.45, 2.75) is 40.0 Å². The molecule has 1 unspecified atom stereocenters. The van der Waals surface area contributed by atoms with Crippen LogP contribution in [0.4, 0.5) is 11.5 Å². The highest BCUT2D eigenvalue weighted by molar-refractivity contribution is 5.93. The minimum Gasteiger partial charge on any atom is -0.340 e. The van der Waals surface area contributed by atoms with Crippen molar-refractivity contribution in [3.05, 3.63) is 48.6 Å². The molecule has 4 aromatic rings. The van der Waals surface area contributed by atoms with E-state index in [-0.39, 0.29) is 11.3 Å². The second kappa shape index (κ2) is 7.34. The maximum absolute atomic E-state index is 12.6. The van der Waals surface area contributed by atoms with Gasteiger partial charge < -0.3 is 10.3 Å². The van der Waals surface area contributed by atoms with Gasteiger partial charge in [-0.25, -0.2) is 9.97 Å². The number of anilines is 2. The Hall–Kier alpha value is -3.48. The van der Waals surface area contributed by atoms with E-state index in [2.05, 4.69) is 42.6 Å². The van der Waals surface area contributed by atoms with E-state index in [0.717, 1.165) is 58.4 Å². The van der Waals surface area contributed by atoms with Crippen LogP contribution in [0.2, 0.25) is 0 Å². The Bertz CT molecular complexity index is 1310. The molecule has 0 saturated heterocycles. The van der Waals surface area contributed by atoms with Crippen molar-refractivity contribution in [1.82, 2.24) is 25.1 Å². The van der Waals surface area contributed by atoms with Gasteiger partial charge in [-0.15, -0.1) is 0 Å². The molecule has 0 bridgehead atoms. The van der Waals surface area contributed by atoms with Crippen LogP contribution in [0.1, 0.15) is 45.7 Å². The SMILES string of the molecule is CC(C)(C)C(=O)C1CC=C(c2cc3c(Nc4ccc5[nH]ncc5c4)ncnc3[nH]2)CC1. The summed E-state index contributed by atoms with van der Waals surface area (Å²) in [5.41, 5.74) is 4.73. The average molecular weight is 415 g/mol. The van der Waals surface area contributed by atoms with Crippen LogP contribution in [-0.2, 0) is 4.79 Å². The largest absolute Gasteiger partial charge is 0.340 e. The van der Waals surface area contributed by atoms with Crippen LogP contribution in [0.5, 0.6) is 0 Å². The number of rotatable bonds is 4. The highest BCUT2D eigenvalue weighted by atomic mass is 16.1. The predicted molar refractivity (Wildman–Crippen MR) is 123 cm³/mol. The van der Waals surface area contributed by atoms with Crippen molar-refractivity contribution in [2.24, 2.45) is 11.3 Å². The summed E-state index contributed by atoms with van der Waals surface area (Å²) in [6, 6.07) is 8.13. The van der Waals surface area contributed by atoms with Crippen molar-refractivity contribution >= 4 is 44.8 Å². The normalized spacial score (nSPS) is 17.1. The molecule has 5 rings (SSSR count). The molecular weight excluding hydrogens is 388 g/mol. The second-order valence-corrected chi connectivity index (χ2v) is 9.28. The van der Waals surface area contributed by atoms with Crippen LogP contribution >= 0.6 is 0 Å². The fourth-order valence-electron chi connectivity index (χ4n) is 4.30. The molecule has 0 spiro atoms. The van der Waals surface area contributed by atoms with Crippen molar-refractivity contribution in [1.29, 1.82) is 0 Å². The van der Waals surface area contributed by atoms with Crippen molar-refractivity contribution in [2.75, 3.05) is 5.32 Å². The summed E-state index contributed by atoms with van der Waals surface area (Å²) in [4.78, 5) is 24.9. The van der Waals surface area contributed by atoms with E-state index in [0.29, 0.717) is 5.78 Å². The number of ketones is 1. The molecule has 158 valence electrons. The van der Waals surface area contributed by atoms with Crippen molar-refractivity contribution < 1.29 is 4.79 Å². The molecule has 3 aromatic heterocycles. The lowest BCUT2D eigenvalue weighted by Crippen LogP contribution is -2.29. The summed E-state index contributed by atoms with van der Waals surface area (Å²) in [5, 5.41) is 12.4. The van der Waals surface area contributed by atoms with E-state index >= 15 is 0 Å². The molecule has 1 aromatic carbocycles. The van der Waals surface area contributed by atoms with E-state index in [1.54, 1.807) is 12.5 Å². The number of nitrogens with zero attached hydrogens (tertiary/aromatic N) is 3. The highest BCUT2D eigenvalue weighted by Crippen LogP contribution is 2.36. The first-order valence-electron chi connectivity index (χ1n) is 10.7. The number of hydrogen-bond donors (Lipinski definition) is 3. The standard InChI is InChI=1S/C24H26N6O/c1-24(2,3)21(31)15-6-4-14(5-7-15)20-11-18-22(25-13-26-23(18)29-20)28-17-8-9-19-16(10-17)12-27-30-19/h4,8-13,15H,5-7H2,1-3H3,(H,27,30)(H2,25,26,28,29). The molecule has 0 fully saturated rings. The number of benzene rings is 1. The van der Waals surface area contributed by atoms with Gasteiger partial charge in [-0.2, -0.15) is 5.10 Å². The minimum absolute atomic E-state index is 0.114. The van der Waals surface area contributed by atoms with Crippen LogP contribution in [0, 0.1) is 11.3 Å². The minimum atomic E-state index is -0.285. The molecule has 0 amide bonds. The maximum atomic E-state index is 12.6. The Morgan fingerprint density at radius 1 is 1.19 bits per heavy atom. The van der Waals surface area contributed by atoms with Gasteiger partial charge in [-0.3, -0.25) is 9.89 Å². The van der Waals surface area contributed by atoms with E-state index in [1.807, 2.05) is 39.0 Å². The number of nitrogens with one attached hydrogen (secondary N) is 3. The fourth-order valence-corrected chi connectivity index (χ4v) is 4.30. The molecule has 1 aliphatic carbocycles. The molecule has 7 heteroatoms. The van der Waals surface area contributed by atoms with Crippen LogP contribution in [0.15, 0.2) is 42.9 Å². The third kappa shape index (κ3) is 3.71. The number of aromatic nitrogens is 5. The predicted octanol–water partition coefficient (Wildman–Crippen LogP) is 5.38. The topological polar surface area (TPSA) is 99.3 Å². The van der Waals surface area contributed by atoms with E-state index < -0.39 is 0 Å². The van der Waals surface area contributed by atoms with Gasteiger partial charge >= 0.3 is 0 Å². The molecule has 1 aliphatic rings. The van der Waals surface area contributed by atoms with Crippen molar-refractivity contribution in [3.8, 4) is 0 Å². The number of carbonyl (C=O) groups is 1. The van der Waals surface area contributed by atoms with E-state index in [9.17, 15) is 4.79 Å². The van der Waals surface area contributed by atoms with Gasteiger partial charge in [0, 0.05) is 28.1 Å². The number of fused-ring (bicyclic) bond motifs is 2. The molecule has 7 nitrogen and oxygen atoms in total. The molecule has 0 saturated carbocycles. The highest BCUT2D eigenvalue weighted by Gasteiger charge is 2.30. The number of carbonyl (C=O) groups excluding carboxylic acids is 1. The van der Waals surface area contributed by atoms with Crippen LogP contribution < -0.4 is 5.32 Å². The summed E-state index contributed by atoms with van der Waals surface area (Å²) >= 11 is 0. The van der Waals surface area contributed by atoms with Gasteiger partial charge in [0.2, 0.25) is 0 Å². The molecule has 31 heavy (non-hydrogen) atoms. The van der Waals surface area contributed by atoms with E-state index in [4.69, 9.17) is 0 Å². The first kappa shape index (κ1) is 19.5. The molecule has 3 heterocycles. The zero-order valence-electron chi connectivity index (χ0n) is 18.0. The van der Waals surface area contributed by atoms with Crippen LogP contribution in [0.25, 0.3) is 27.5 Å². The number of allylic oxidation sites excluding steroid dienone is 2. The van der Waals surface area contributed by atoms with Crippen LogP contribution in [-0.4, -0.2) is 30.9 Å². The summed E-state index contributed by atoms with van der Waals surface area (Å²) in [6.07, 6.45) is 8.13. The Morgan fingerprint density at radius 3 is 2.84 bits per heavy atom. The van der Waals surface area contributed by atoms with Gasteiger partial charge in [0.1, 0.15) is 23.6 Å². The molecule has 1 atom stereocenters. The third-order valence-electron chi connectivity index (χ3n) is 6.00. The maximum Gasteiger partial charge on any atom is 0.143 e. The van der Waals surface area contributed by atoms with E-state index in [1.165, 1.54) is 5.57 Å². The summed E-state index contributed by atoms with van der Waals surface area (Å²) in [6.45, 7) is 6.01. The van der Waals surface area contributed by atoms with Gasteiger partial charge in [0.25, 0.3) is 0 Å². The zero-order chi connectivity index (χ0) is 21.6. The average Bonchev–Trinajstić information content (AvgIpc) is 3.40. The second-order valence-electron chi connectivity index (χ2n) is 9.28. The number of H-pyrrole nitrogens is 2. The van der Waals surface area contributed by atoms with Gasteiger partial charge in [-0.1, -0.05) is 26.8 Å². The monoisotopic (exact) mass is 414 g/mol. The number of hydrogen-bond acceptors (Lipinski definition) is 5. The summed E-state index contributed by atoms with van der Waals surface area (Å²) < 4.78 is 0. The number of aromatic amines is 2. The lowest BCUT2D eigenvalue weighted by molar-refractivity contribution is -0.130. The molecule has 3 N–H and O–H groups in total. The first-order chi connectivity index (χ1) is 14.9. The first-order valence-corrected chi connectivity index (χ1v) is 10.7. The third-order valence-corrected chi connectivity index (χ3v) is 6.00. The van der Waals surface area contributed by atoms with Gasteiger partial charge in [0.15, 0.2) is 0 Å². The zero-order valence-corrected chi connectivity index (χ0v) is 18.0. The quantitative estimate of drug-likeness (QED) is 0.416. The summed E-state index contributed by atoms with van der Waals surface area (Å²) in [7, 11) is 0. The summed E-state index contributed by atoms with van der Waals surface area (Å²) in [5.74, 6) is 1.22. The lowest BCUT2D eigenvalue weighted by Gasteiger charge is -2.27. The van der Waals surface area contributed by atoms with Gasteiger partial charge in [0.05, 0.1) is 17.1 Å². The van der Waals surface area contributed by atoms with Crippen molar-refractivity contribution in [3.63, 3.8) is 0 Å². The van der Waals surface area contributed by atoms with Crippen LogP contribution in [0.3, 0.4) is 0 Å². The Balaban J connectivity index is 1.41. The molecule has 0 aliphatic heterocycles. The Kier molecular flexibility index (Phi) is 4.61. The molecular formula is C24H26N6O. The lowest BCUT2D eigenvalue weighted by atomic mass is 9.76. The van der Waals surface area contributed by atoms with Gasteiger partial charge in [-0.05, 0) is 49.1 Å². The smallest absolute Gasteiger partial charge is 0.143 e.